The summed E-state index contributed by atoms with van der Waals surface area (Å²) in [5, 5.41) is 20.0. The van der Waals surface area contributed by atoms with E-state index >= 15 is 0 Å². The Morgan fingerprint density at radius 3 is 2.12 bits per heavy atom. The van der Waals surface area contributed by atoms with E-state index in [4.69, 9.17) is 8.83 Å². The van der Waals surface area contributed by atoms with Crippen LogP contribution in [0.2, 0.25) is 0 Å². The summed E-state index contributed by atoms with van der Waals surface area (Å²) in [6, 6.07) is 50.3. The molecular formula is C72H59N4O2+. The van der Waals surface area contributed by atoms with Gasteiger partial charge in [-0.3, -0.25) is 0 Å². The average Bonchev–Trinajstić information content (AvgIpc) is 3.79. The molecule has 4 aliphatic carbocycles. The van der Waals surface area contributed by atoms with Crippen molar-refractivity contribution in [2.45, 2.75) is 83.8 Å². The van der Waals surface area contributed by atoms with Crippen LogP contribution in [0.3, 0.4) is 0 Å². The van der Waals surface area contributed by atoms with Gasteiger partial charge in [0.05, 0.1) is 39.2 Å². The third kappa shape index (κ3) is 5.64. The van der Waals surface area contributed by atoms with Gasteiger partial charge in [0.2, 0.25) is 0 Å². The van der Waals surface area contributed by atoms with Gasteiger partial charge in [0.25, 0.3) is 0 Å². The molecule has 11 aromatic rings. The number of para-hydroxylation sites is 3. The van der Waals surface area contributed by atoms with Gasteiger partial charge in [0.15, 0.2) is 0 Å². The minimum Gasteiger partial charge on any atom is -0.456 e. The number of aromatic nitrogens is 2. The number of allylic oxidation sites excluding steroid dienone is 7. The second-order valence-corrected chi connectivity index (χ2v) is 24.6. The summed E-state index contributed by atoms with van der Waals surface area (Å²) in [7, 11) is 0. The van der Waals surface area contributed by atoms with Crippen LogP contribution in [0.15, 0.2) is 185 Å². The summed E-state index contributed by atoms with van der Waals surface area (Å²) in [4.78, 5) is 1.59. The van der Waals surface area contributed by atoms with E-state index in [-0.39, 0.29) is 34.9 Å². The maximum Gasteiger partial charge on any atom is 0.136 e. The van der Waals surface area contributed by atoms with E-state index in [9.17, 15) is 5.26 Å². The van der Waals surface area contributed by atoms with Crippen LogP contribution in [0.1, 0.15) is 105 Å². The third-order valence-corrected chi connectivity index (χ3v) is 20.5. The summed E-state index contributed by atoms with van der Waals surface area (Å²) in [6.07, 6.45) is 23.2. The maximum absolute atomic E-state index is 11.9. The smallest absolute Gasteiger partial charge is 0.136 e. The second-order valence-electron chi connectivity index (χ2n) is 24.6. The summed E-state index contributed by atoms with van der Waals surface area (Å²) in [5.74, 6) is 0.801. The molecule has 0 bridgehead atoms. The first-order valence-corrected chi connectivity index (χ1v) is 28.5. The molecule has 17 rings (SSSR count). The lowest BCUT2D eigenvalue weighted by Gasteiger charge is -2.49. The molecule has 6 aliphatic rings. The number of hydrogen-bond donors (Lipinski definition) is 1. The highest BCUT2D eigenvalue weighted by atomic mass is 16.3. The number of likely N-dealkylation sites (tertiary alicyclic amines) is 1. The molecule has 378 valence electrons. The Labute approximate surface area is 453 Å². The number of furan rings is 2. The van der Waals surface area contributed by atoms with Gasteiger partial charge in [0, 0.05) is 72.5 Å². The number of nitriles is 1. The van der Waals surface area contributed by atoms with Gasteiger partial charge in [-0.05, 0) is 125 Å². The van der Waals surface area contributed by atoms with Crippen molar-refractivity contribution in [2.24, 2.45) is 23.2 Å². The van der Waals surface area contributed by atoms with Crippen LogP contribution in [-0.2, 0) is 11.8 Å². The van der Waals surface area contributed by atoms with E-state index in [0.29, 0.717) is 17.4 Å². The molecular weight excluding hydrogens is 953 g/mol. The highest BCUT2D eigenvalue weighted by Gasteiger charge is 2.55. The summed E-state index contributed by atoms with van der Waals surface area (Å²) >= 11 is 0. The molecule has 78 heavy (non-hydrogen) atoms. The van der Waals surface area contributed by atoms with Crippen LogP contribution in [0, 0.1) is 34.5 Å². The molecule has 1 N–H and O–H groups in total. The van der Waals surface area contributed by atoms with Crippen LogP contribution in [0.25, 0.3) is 99.1 Å². The van der Waals surface area contributed by atoms with Crippen molar-refractivity contribution in [1.29, 1.82) is 5.26 Å². The molecule has 1 saturated heterocycles. The normalized spacial score (nSPS) is 25.6. The Bertz CT molecular complexity index is 4720. The lowest BCUT2D eigenvalue weighted by Crippen LogP contribution is -3.18. The Kier molecular flexibility index (Phi) is 8.97. The average molecular weight is 1010 g/mol. The number of quaternary nitrogens is 1. The predicted molar refractivity (Wildman–Crippen MR) is 317 cm³/mol. The van der Waals surface area contributed by atoms with Crippen molar-refractivity contribution < 1.29 is 13.7 Å². The van der Waals surface area contributed by atoms with Gasteiger partial charge in [-0.15, -0.1) is 0 Å². The van der Waals surface area contributed by atoms with Crippen LogP contribution in [-0.4, -0.2) is 15.2 Å². The number of rotatable bonds is 3. The molecule has 6 heteroatoms. The zero-order valence-electron chi connectivity index (χ0n) is 44.7. The summed E-state index contributed by atoms with van der Waals surface area (Å²) < 4.78 is 18.3. The van der Waals surface area contributed by atoms with Crippen molar-refractivity contribution in [2.75, 3.05) is 0 Å². The molecule has 0 amide bonds. The fourth-order valence-electron chi connectivity index (χ4n) is 16.7. The SMILES string of the molecule is CC1C=C2c3c(c4c5c(ccc4n3-c3cc(-n4c6ccccc6c6c7c(ccc64)oc4ccccc47)c(C#N)cc3C3C2CCC(c2ccc4c(c2)C(C)(C)C2(C)CC=CC=C42)[NH+]3C2C=CC=CC2C)oc2ccccc25)C1. The largest absolute Gasteiger partial charge is 0.456 e. The van der Waals surface area contributed by atoms with E-state index in [1.807, 2.05) is 6.07 Å². The number of fused-ring (bicyclic) bond motifs is 22. The standard InChI is InChI=1S/C72H58N4O2/c1-40-34-49-44-27-28-55(42-25-26-45-52-20-14-15-33-72(52,5)71(3,4)53(45)37-42)75(54-21-10-6-16-41(54)2)69(44)50-36-43(39-73)59(74-56-22-11-7-17-46(56)65-57(74)29-31-63-67(65)47-18-8-12-23-61(47)77-63)38-60(50)76-58-30-32-64-68(66(58)51(35-40)70(49)76)48-19-9-13-24-62(48)78-64/h6-26,29-32,34,36-38,40-41,44,54-55,69H,27-28,33,35H2,1-5H3/p+1. The zero-order chi connectivity index (χ0) is 52.1. The number of hydrogen-bond acceptors (Lipinski definition) is 3. The highest BCUT2D eigenvalue weighted by molar-refractivity contribution is 6.27. The van der Waals surface area contributed by atoms with Crippen LogP contribution < -0.4 is 4.90 Å². The second kappa shape index (κ2) is 15.6. The number of nitrogens with one attached hydrogen (secondary N) is 1. The molecule has 8 atom stereocenters. The first-order valence-electron chi connectivity index (χ1n) is 28.5. The molecule has 6 nitrogen and oxygen atoms in total. The number of nitrogens with zero attached hydrogens (tertiary/aromatic N) is 3. The lowest BCUT2D eigenvalue weighted by molar-refractivity contribution is -0.989. The molecule has 0 radical (unpaired) electrons. The van der Waals surface area contributed by atoms with Gasteiger partial charge < -0.3 is 22.9 Å². The fraction of sp³-hybridized carbons (Fsp3) is 0.236. The Morgan fingerprint density at radius 2 is 1.36 bits per heavy atom. The van der Waals surface area contributed by atoms with E-state index in [2.05, 4.69) is 220 Å². The van der Waals surface area contributed by atoms with E-state index in [0.717, 1.165) is 97.4 Å². The molecule has 2 aliphatic heterocycles. The molecule has 8 unspecified atom stereocenters. The highest BCUT2D eigenvalue weighted by Crippen LogP contribution is 2.62. The molecule has 7 aromatic carbocycles. The molecule has 0 spiro atoms. The van der Waals surface area contributed by atoms with Crippen LogP contribution in [0.5, 0.6) is 0 Å². The Balaban J connectivity index is 0.979. The topological polar surface area (TPSA) is 64.4 Å². The van der Waals surface area contributed by atoms with E-state index < -0.39 is 0 Å². The quantitative estimate of drug-likeness (QED) is 0.192. The third-order valence-electron chi connectivity index (χ3n) is 20.5. The van der Waals surface area contributed by atoms with Gasteiger partial charge >= 0.3 is 0 Å². The first-order chi connectivity index (χ1) is 38.1. The van der Waals surface area contributed by atoms with Crippen molar-refractivity contribution in [3.63, 3.8) is 0 Å². The number of benzene rings is 7. The summed E-state index contributed by atoms with van der Waals surface area (Å²) in [5.41, 5.74) is 20.8. The van der Waals surface area contributed by atoms with Crippen molar-refractivity contribution in [3.8, 4) is 17.4 Å². The van der Waals surface area contributed by atoms with Crippen molar-refractivity contribution in [1.82, 2.24) is 9.13 Å². The van der Waals surface area contributed by atoms with Crippen molar-refractivity contribution >= 4 is 87.7 Å². The fourth-order valence-corrected chi connectivity index (χ4v) is 16.7. The molecule has 6 heterocycles. The van der Waals surface area contributed by atoms with E-state index in [1.165, 1.54) is 60.9 Å². The maximum atomic E-state index is 11.9. The van der Waals surface area contributed by atoms with Crippen LogP contribution in [0.4, 0.5) is 0 Å². The van der Waals surface area contributed by atoms with E-state index in [1.54, 1.807) is 4.90 Å². The van der Waals surface area contributed by atoms with Crippen molar-refractivity contribution in [3.05, 3.63) is 215 Å². The van der Waals surface area contributed by atoms with Crippen LogP contribution >= 0.6 is 0 Å². The van der Waals surface area contributed by atoms with Gasteiger partial charge in [-0.2, -0.15) is 5.26 Å². The van der Waals surface area contributed by atoms with Gasteiger partial charge in [0.1, 0.15) is 46.5 Å². The first kappa shape index (κ1) is 44.7. The minimum absolute atomic E-state index is 0.0182. The molecule has 4 aromatic heterocycles. The van der Waals surface area contributed by atoms with Gasteiger partial charge in [-0.1, -0.05) is 144 Å². The molecule has 0 saturated carbocycles. The monoisotopic (exact) mass is 1010 g/mol. The Morgan fingerprint density at radius 1 is 0.654 bits per heavy atom. The summed E-state index contributed by atoms with van der Waals surface area (Å²) in [6.45, 7) is 12.3. The number of piperidine rings is 1. The molecule has 1 fully saturated rings. The predicted octanol–water partition coefficient (Wildman–Crippen LogP) is 16.8. The van der Waals surface area contributed by atoms with Gasteiger partial charge in [-0.25, -0.2) is 0 Å². The minimum atomic E-state index is -0.0425. The lowest BCUT2D eigenvalue weighted by atomic mass is 9.62. The Hall–Kier alpha value is -8.37. The zero-order valence-corrected chi connectivity index (χ0v) is 44.7.